The number of fused-ring (bicyclic) bond motifs is 1. The van der Waals surface area contributed by atoms with Crippen molar-refractivity contribution in [2.24, 2.45) is 0 Å². The first-order valence-electron chi connectivity index (χ1n) is 9.10. The van der Waals surface area contributed by atoms with Crippen LogP contribution >= 0.6 is 0 Å². The van der Waals surface area contributed by atoms with Crippen LogP contribution in [0.4, 0.5) is 11.5 Å². The minimum Gasteiger partial charge on any atom is -0.396 e. The van der Waals surface area contributed by atoms with E-state index in [0.29, 0.717) is 39.3 Å². The summed E-state index contributed by atoms with van der Waals surface area (Å²) in [5.74, 6) is 0.998. The third kappa shape index (κ3) is 6.43. The van der Waals surface area contributed by atoms with Gasteiger partial charge in [0.25, 0.3) is 0 Å². The molecule has 25 heavy (non-hydrogen) atoms. The van der Waals surface area contributed by atoms with Crippen molar-refractivity contribution in [1.82, 2.24) is 4.98 Å². The van der Waals surface area contributed by atoms with E-state index >= 15 is 0 Å². The molecule has 0 aromatic carbocycles. The van der Waals surface area contributed by atoms with E-state index in [2.05, 4.69) is 27.8 Å². The predicted molar refractivity (Wildman–Crippen MR) is 98.4 cm³/mol. The first-order valence-corrected chi connectivity index (χ1v) is 9.10. The number of pyridine rings is 1. The summed E-state index contributed by atoms with van der Waals surface area (Å²) in [6.45, 7) is 8.34. The number of aromatic nitrogens is 1. The smallest absolute Gasteiger partial charge is 0.152 e. The van der Waals surface area contributed by atoms with Gasteiger partial charge < -0.3 is 29.5 Å². The van der Waals surface area contributed by atoms with Gasteiger partial charge in [-0.3, -0.25) is 0 Å². The van der Waals surface area contributed by atoms with Crippen LogP contribution in [0.15, 0.2) is 12.3 Å². The molecule has 0 aliphatic carbocycles. The number of anilines is 2. The lowest BCUT2D eigenvalue weighted by Crippen LogP contribution is -2.44. The van der Waals surface area contributed by atoms with E-state index in [-0.39, 0.29) is 13.2 Å². The summed E-state index contributed by atoms with van der Waals surface area (Å²) < 4.78 is 11.1. The minimum absolute atomic E-state index is 0.169. The number of ether oxygens (including phenoxy) is 2. The average Bonchev–Trinajstić information content (AvgIpc) is 2.62. The summed E-state index contributed by atoms with van der Waals surface area (Å²) in [6, 6.07) is 2.18. The van der Waals surface area contributed by atoms with Gasteiger partial charge in [0.05, 0.1) is 18.9 Å². The van der Waals surface area contributed by atoms with Crippen LogP contribution in [0.2, 0.25) is 0 Å². The van der Waals surface area contributed by atoms with Gasteiger partial charge in [-0.2, -0.15) is 0 Å². The number of aliphatic hydroxyl groups is 2. The molecule has 1 aliphatic heterocycles. The quantitative estimate of drug-likeness (QED) is 0.539. The van der Waals surface area contributed by atoms with Crippen molar-refractivity contribution in [3.05, 3.63) is 17.8 Å². The van der Waals surface area contributed by atoms with Crippen molar-refractivity contribution >= 4 is 11.5 Å². The second-order valence-electron chi connectivity index (χ2n) is 6.21. The molecule has 1 aromatic rings. The van der Waals surface area contributed by atoms with E-state index in [4.69, 9.17) is 19.7 Å². The molecule has 0 saturated carbocycles. The highest BCUT2D eigenvalue weighted by molar-refractivity contribution is 5.70. The van der Waals surface area contributed by atoms with E-state index in [1.165, 1.54) is 0 Å². The molecule has 2 rings (SSSR count). The zero-order chi connectivity index (χ0) is 17.9. The number of aryl methyl sites for hydroxylation is 1. The van der Waals surface area contributed by atoms with E-state index < -0.39 is 0 Å². The van der Waals surface area contributed by atoms with Crippen LogP contribution in [0.5, 0.6) is 0 Å². The van der Waals surface area contributed by atoms with Gasteiger partial charge in [0.1, 0.15) is 0 Å². The molecule has 0 unspecified atom stereocenters. The maximum absolute atomic E-state index is 8.80. The monoisotopic (exact) mass is 353 g/mol. The molecule has 0 amide bonds. The van der Waals surface area contributed by atoms with Crippen molar-refractivity contribution in [2.45, 2.75) is 19.8 Å². The molecule has 7 nitrogen and oxygen atoms in total. The molecule has 1 aliphatic rings. The van der Waals surface area contributed by atoms with E-state index in [1.54, 1.807) is 0 Å². The largest absolute Gasteiger partial charge is 0.396 e. The molecular weight excluding hydrogens is 322 g/mol. The van der Waals surface area contributed by atoms with Crippen LogP contribution in [0.3, 0.4) is 0 Å². The summed E-state index contributed by atoms with van der Waals surface area (Å²) in [4.78, 5) is 9.22. The van der Waals surface area contributed by atoms with Gasteiger partial charge in [0.2, 0.25) is 0 Å². The molecule has 0 radical (unpaired) electrons. The Balaban J connectivity index is 1.90. The number of hydrogen-bond acceptors (Lipinski definition) is 7. The Kier molecular flexibility index (Phi) is 8.96. The Labute approximate surface area is 150 Å². The highest BCUT2D eigenvalue weighted by Crippen LogP contribution is 2.31. The van der Waals surface area contributed by atoms with Crippen molar-refractivity contribution in [2.75, 3.05) is 75.6 Å². The fourth-order valence-electron chi connectivity index (χ4n) is 2.83. The Morgan fingerprint density at radius 3 is 2.20 bits per heavy atom. The van der Waals surface area contributed by atoms with Crippen molar-refractivity contribution in [3.63, 3.8) is 0 Å². The lowest BCUT2D eigenvalue weighted by atomic mass is 10.2. The number of aliphatic hydroxyl groups excluding tert-OH is 2. The summed E-state index contributed by atoms with van der Waals surface area (Å²) in [7, 11) is 0. The first kappa shape index (κ1) is 19.9. The van der Waals surface area contributed by atoms with Crippen LogP contribution in [0, 0.1) is 6.92 Å². The molecule has 2 heterocycles. The molecule has 0 bridgehead atoms. The fourth-order valence-corrected chi connectivity index (χ4v) is 2.83. The molecule has 0 fully saturated rings. The maximum Gasteiger partial charge on any atom is 0.152 e. The van der Waals surface area contributed by atoms with Gasteiger partial charge in [-0.05, 0) is 31.4 Å². The molecular formula is C18H31N3O4. The molecule has 0 spiro atoms. The van der Waals surface area contributed by atoms with Gasteiger partial charge in [-0.25, -0.2) is 4.98 Å². The predicted octanol–water partition coefficient (Wildman–Crippen LogP) is 0.814. The van der Waals surface area contributed by atoms with E-state index in [9.17, 15) is 0 Å². The normalized spacial score (nSPS) is 14.0. The summed E-state index contributed by atoms with van der Waals surface area (Å²) in [6.07, 6.45) is 3.26. The molecule has 1 aromatic heterocycles. The van der Waals surface area contributed by atoms with Crippen LogP contribution in [-0.2, 0) is 9.47 Å². The summed E-state index contributed by atoms with van der Waals surface area (Å²) in [5.41, 5.74) is 2.29. The molecule has 0 saturated heterocycles. The van der Waals surface area contributed by atoms with Gasteiger partial charge in [0.15, 0.2) is 5.82 Å². The maximum atomic E-state index is 8.80. The molecule has 7 heteroatoms. The number of hydrogen-bond donors (Lipinski definition) is 2. The fraction of sp³-hybridized carbons (Fsp3) is 0.722. The summed E-state index contributed by atoms with van der Waals surface area (Å²) in [5, 5.41) is 17.6. The van der Waals surface area contributed by atoms with Crippen molar-refractivity contribution < 1.29 is 19.7 Å². The number of rotatable bonds is 12. The first-order chi connectivity index (χ1) is 12.3. The van der Waals surface area contributed by atoms with Crippen molar-refractivity contribution in [1.29, 1.82) is 0 Å². The zero-order valence-corrected chi connectivity index (χ0v) is 15.2. The standard InChI is InChI=1S/C18H31N3O4/c1-16-14-17-18(19-15-16)21(7-13-25-11-3-9-23)5-4-20(17)6-12-24-10-2-8-22/h14-15,22-23H,2-13H2,1H3. The number of nitrogens with zero attached hydrogens (tertiary/aromatic N) is 3. The highest BCUT2D eigenvalue weighted by Gasteiger charge is 2.23. The second kappa shape index (κ2) is 11.3. The second-order valence-corrected chi connectivity index (χ2v) is 6.21. The Bertz CT molecular complexity index is 501. The third-order valence-electron chi connectivity index (χ3n) is 4.17. The van der Waals surface area contributed by atoms with E-state index in [1.807, 2.05) is 6.20 Å². The zero-order valence-electron chi connectivity index (χ0n) is 15.2. The Morgan fingerprint density at radius 1 is 0.960 bits per heavy atom. The third-order valence-corrected chi connectivity index (χ3v) is 4.17. The van der Waals surface area contributed by atoms with Gasteiger partial charge in [0, 0.05) is 58.8 Å². The Hall–Kier alpha value is -1.41. The van der Waals surface area contributed by atoms with Gasteiger partial charge >= 0.3 is 0 Å². The van der Waals surface area contributed by atoms with E-state index in [0.717, 1.165) is 43.2 Å². The lowest BCUT2D eigenvalue weighted by Gasteiger charge is -2.38. The van der Waals surface area contributed by atoms with Crippen LogP contribution in [0.1, 0.15) is 18.4 Å². The van der Waals surface area contributed by atoms with Crippen LogP contribution in [0.25, 0.3) is 0 Å². The molecule has 0 atom stereocenters. The SMILES string of the molecule is Cc1cnc2c(c1)N(CCOCCCO)CCN2CCOCCCO. The summed E-state index contributed by atoms with van der Waals surface area (Å²) >= 11 is 0. The molecule has 142 valence electrons. The van der Waals surface area contributed by atoms with Crippen LogP contribution in [-0.4, -0.2) is 81.0 Å². The minimum atomic E-state index is 0.169. The topological polar surface area (TPSA) is 78.3 Å². The van der Waals surface area contributed by atoms with Gasteiger partial charge in [-0.15, -0.1) is 0 Å². The van der Waals surface area contributed by atoms with Crippen LogP contribution < -0.4 is 9.80 Å². The molecule has 2 N–H and O–H groups in total. The lowest BCUT2D eigenvalue weighted by molar-refractivity contribution is 0.119. The van der Waals surface area contributed by atoms with Crippen molar-refractivity contribution in [3.8, 4) is 0 Å². The average molecular weight is 353 g/mol. The van der Waals surface area contributed by atoms with Gasteiger partial charge in [-0.1, -0.05) is 0 Å². The Morgan fingerprint density at radius 2 is 1.56 bits per heavy atom. The highest BCUT2D eigenvalue weighted by atomic mass is 16.5.